The molecule has 1 unspecified atom stereocenters. The molecule has 0 radical (unpaired) electrons. The Morgan fingerprint density at radius 3 is 2.50 bits per heavy atom. The van der Waals surface area contributed by atoms with Gasteiger partial charge in [0.15, 0.2) is 11.6 Å². The van der Waals surface area contributed by atoms with Gasteiger partial charge in [0.25, 0.3) is 5.91 Å². The van der Waals surface area contributed by atoms with Gasteiger partial charge in [-0.2, -0.15) is 0 Å². The summed E-state index contributed by atoms with van der Waals surface area (Å²) in [5.41, 5.74) is 0.0195. The average Bonchev–Trinajstić information content (AvgIpc) is 2.60. The molecule has 0 fully saturated rings. The fraction of sp³-hybridized carbons (Fsp3) is 0.316. The predicted molar refractivity (Wildman–Crippen MR) is 106 cm³/mol. The molecule has 0 aliphatic rings. The van der Waals surface area contributed by atoms with E-state index in [0.717, 1.165) is 0 Å². The highest BCUT2D eigenvalue weighted by molar-refractivity contribution is 7.89. The van der Waals surface area contributed by atoms with Gasteiger partial charge in [0, 0.05) is 6.04 Å². The van der Waals surface area contributed by atoms with Crippen LogP contribution in [0.4, 0.5) is 4.39 Å². The van der Waals surface area contributed by atoms with Crippen LogP contribution in [0, 0.1) is 5.82 Å². The van der Waals surface area contributed by atoms with Gasteiger partial charge in [-0.3, -0.25) is 4.79 Å². The summed E-state index contributed by atoms with van der Waals surface area (Å²) in [6.45, 7) is 5.08. The minimum absolute atomic E-state index is 0.0195. The minimum Gasteiger partial charge on any atom is -0.488 e. The third-order valence-corrected chi connectivity index (χ3v) is 5.57. The predicted octanol–water partition coefficient (Wildman–Crippen LogP) is 3.36. The van der Waals surface area contributed by atoms with Crippen LogP contribution in [0.3, 0.4) is 0 Å². The van der Waals surface area contributed by atoms with E-state index >= 15 is 0 Å². The molecule has 0 spiro atoms. The highest BCUT2D eigenvalue weighted by atomic mass is 35.5. The molecule has 0 bridgehead atoms. The van der Waals surface area contributed by atoms with Crippen molar-refractivity contribution in [3.8, 4) is 5.75 Å². The van der Waals surface area contributed by atoms with Crippen LogP contribution < -0.4 is 14.8 Å². The number of rotatable bonds is 8. The maximum absolute atomic E-state index is 13.6. The van der Waals surface area contributed by atoms with E-state index in [4.69, 9.17) is 16.3 Å². The Balaban J connectivity index is 2.09. The van der Waals surface area contributed by atoms with Crippen LogP contribution in [0.25, 0.3) is 0 Å². The molecule has 0 aliphatic carbocycles. The molecule has 2 N–H and O–H groups in total. The summed E-state index contributed by atoms with van der Waals surface area (Å²) in [4.78, 5) is 12.5. The maximum Gasteiger partial charge on any atom is 0.253 e. The lowest BCUT2D eigenvalue weighted by Gasteiger charge is -2.16. The van der Waals surface area contributed by atoms with Crippen molar-refractivity contribution in [1.29, 1.82) is 0 Å². The Morgan fingerprint density at radius 1 is 1.18 bits per heavy atom. The normalized spacial score (nSPS) is 12.6. The third kappa shape index (κ3) is 5.92. The second-order valence-electron chi connectivity index (χ2n) is 6.53. The number of amides is 1. The van der Waals surface area contributed by atoms with Gasteiger partial charge >= 0.3 is 0 Å². The Labute approximate surface area is 169 Å². The number of carbonyl (C=O) groups excluding carboxylic acids is 1. The van der Waals surface area contributed by atoms with Gasteiger partial charge in [0.1, 0.15) is 6.61 Å². The molecular formula is C19H22ClFN2O4S. The first kappa shape index (κ1) is 22.1. The molecule has 0 heterocycles. The molecule has 152 valence electrons. The zero-order valence-electron chi connectivity index (χ0n) is 15.7. The molecule has 9 heteroatoms. The number of nitrogens with one attached hydrogen (secondary N) is 2. The van der Waals surface area contributed by atoms with Crippen LogP contribution in [-0.4, -0.2) is 33.0 Å². The zero-order chi connectivity index (χ0) is 20.9. The highest BCUT2D eigenvalue weighted by Crippen LogP contribution is 2.21. The van der Waals surface area contributed by atoms with Crippen LogP contribution in [0.2, 0.25) is 5.02 Å². The summed E-state index contributed by atoms with van der Waals surface area (Å²) >= 11 is 6.07. The van der Waals surface area contributed by atoms with Gasteiger partial charge in [-0.15, -0.1) is 0 Å². The van der Waals surface area contributed by atoms with E-state index in [-0.39, 0.29) is 33.9 Å². The molecular weight excluding hydrogens is 407 g/mol. The Hall–Kier alpha value is -2.16. The summed E-state index contributed by atoms with van der Waals surface area (Å²) < 4.78 is 46.0. The zero-order valence-corrected chi connectivity index (χ0v) is 17.3. The Kier molecular flexibility index (Phi) is 7.40. The summed E-state index contributed by atoms with van der Waals surface area (Å²) in [6, 6.07) is 9.06. The van der Waals surface area contributed by atoms with Gasteiger partial charge < -0.3 is 10.1 Å². The standard InChI is InChI=1S/C19H22ClFN2O4S/c1-12(2)23-28(25,26)14-8-9-16(20)15(10-14)19(24)22-13(3)11-27-18-7-5-4-6-17(18)21/h4-10,12-13,23H,11H2,1-3H3,(H,22,24). The van der Waals surface area contributed by atoms with Crippen LogP contribution in [-0.2, 0) is 10.0 Å². The van der Waals surface area contributed by atoms with E-state index < -0.39 is 27.8 Å². The molecule has 0 saturated heterocycles. The number of hydrogen-bond donors (Lipinski definition) is 2. The summed E-state index contributed by atoms with van der Waals surface area (Å²) in [5, 5.41) is 2.77. The van der Waals surface area contributed by atoms with E-state index in [0.29, 0.717) is 0 Å². The summed E-state index contributed by atoms with van der Waals surface area (Å²) in [5.74, 6) is -0.981. The molecule has 1 amide bonds. The third-order valence-electron chi connectivity index (χ3n) is 3.59. The highest BCUT2D eigenvalue weighted by Gasteiger charge is 2.20. The van der Waals surface area contributed by atoms with Crippen LogP contribution in [0.5, 0.6) is 5.75 Å². The molecule has 2 aromatic carbocycles. The smallest absolute Gasteiger partial charge is 0.253 e. The van der Waals surface area contributed by atoms with E-state index in [9.17, 15) is 17.6 Å². The van der Waals surface area contributed by atoms with E-state index in [2.05, 4.69) is 10.0 Å². The van der Waals surface area contributed by atoms with Gasteiger partial charge in [0.2, 0.25) is 10.0 Å². The molecule has 6 nitrogen and oxygen atoms in total. The first-order chi connectivity index (χ1) is 13.1. The van der Waals surface area contributed by atoms with Crippen molar-refractivity contribution in [1.82, 2.24) is 10.0 Å². The van der Waals surface area contributed by atoms with E-state index in [1.807, 2.05) is 0 Å². The number of halogens is 2. The lowest BCUT2D eigenvalue weighted by molar-refractivity contribution is 0.0926. The molecule has 0 saturated carbocycles. The monoisotopic (exact) mass is 428 g/mol. The van der Waals surface area contributed by atoms with Crippen molar-refractivity contribution in [2.45, 2.75) is 37.8 Å². The Morgan fingerprint density at radius 2 is 1.86 bits per heavy atom. The Bertz CT molecular complexity index is 951. The second kappa shape index (κ2) is 9.36. The molecule has 1 atom stereocenters. The molecule has 0 aliphatic heterocycles. The number of benzene rings is 2. The summed E-state index contributed by atoms with van der Waals surface area (Å²) in [6.07, 6.45) is 0. The number of ether oxygens (including phenoxy) is 1. The van der Waals surface area contributed by atoms with Gasteiger partial charge in [-0.1, -0.05) is 23.7 Å². The van der Waals surface area contributed by atoms with Crippen molar-refractivity contribution in [3.05, 3.63) is 58.9 Å². The molecule has 2 aromatic rings. The van der Waals surface area contributed by atoms with Crippen molar-refractivity contribution in [3.63, 3.8) is 0 Å². The molecule has 28 heavy (non-hydrogen) atoms. The van der Waals surface area contributed by atoms with E-state index in [1.165, 1.54) is 30.3 Å². The lowest BCUT2D eigenvalue weighted by atomic mass is 10.2. The van der Waals surface area contributed by atoms with Crippen molar-refractivity contribution in [2.75, 3.05) is 6.61 Å². The van der Waals surface area contributed by atoms with Crippen molar-refractivity contribution < 1.29 is 22.3 Å². The van der Waals surface area contributed by atoms with Gasteiger partial charge in [0.05, 0.1) is 21.5 Å². The average molecular weight is 429 g/mol. The second-order valence-corrected chi connectivity index (χ2v) is 8.65. The van der Waals surface area contributed by atoms with Gasteiger partial charge in [-0.25, -0.2) is 17.5 Å². The van der Waals surface area contributed by atoms with E-state index in [1.54, 1.807) is 32.9 Å². The van der Waals surface area contributed by atoms with Crippen LogP contribution in [0.15, 0.2) is 47.4 Å². The first-order valence-corrected chi connectivity index (χ1v) is 10.5. The molecule has 0 aromatic heterocycles. The maximum atomic E-state index is 13.6. The van der Waals surface area contributed by atoms with Crippen molar-refractivity contribution in [2.24, 2.45) is 0 Å². The minimum atomic E-state index is -3.77. The number of carbonyl (C=O) groups is 1. The lowest BCUT2D eigenvalue weighted by Crippen LogP contribution is -2.37. The van der Waals surface area contributed by atoms with Crippen molar-refractivity contribution >= 4 is 27.5 Å². The fourth-order valence-electron chi connectivity index (χ4n) is 2.34. The topological polar surface area (TPSA) is 84.5 Å². The van der Waals surface area contributed by atoms with Crippen LogP contribution in [0.1, 0.15) is 31.1 Å². The molecule has 2 rings (SSSR count). The number of sulfonamides is 1. The van der Waals surface area contributed by atoms with Crippen LogP contribution >= 0.6 is 11.6 Å². The first-order valence-electron chi connectivity index (χ1n) is 8.60. The van der Waals surface area contributed by atoms with Gasteiger partial charge in [-0.05, 0) is 51.1 Å². The SMILES string of the molecule is CC(C)NS(=O)(=O)c1ccc(Cl)c(C(=O)NC(C)COc2ccccc2F)c1. The fourth-order valence-corrected chi connectivity index (χ4v) is 3.82. The summed E-state index contributed by atoms with van der Waals surface area (Å²) in [7, 11) is -3.77. The number of hydrogen-bond acceptors (Lipinski definition) is 4. The quantitative estimate of drug-likeness (QED) is 0.675. The number of para-hydroxylation sites is 1. The largest absolute Gasteiger partial charge is 0.488 e.